The summed E-state index contributed by atoms with van der Waals surface area (Å²) in [5.41, 5.74) is 1.32. The van der Waals surface area contributed by atoms with E-state index in [2.05, 4.69) is 15.2 Å². The molecule has 0 bridgehead atoms. The van der Waals surface area contributed by atoms with Crippen molar-refractivity contribution >= 4 is 33.3 Å². The number of carbonyl (C=O) groups is 2. The molecule has 0 unspecified atom stereocenters. The molecule has 4 rings (SSSR count). The molecule has 2 aromatic carbocycles. The van der Waals surface area contributed by atoms with Crippen molar-refractivity contribution in [2.24, 2.45) is 5.92 Å². The summed E-state index contributed by atoms with van der Waals surface area (Å²) in [6.45, 7) is 7.17. The smallest absolute Gasteiger partial charge is 0.321 e. The summed E-state index contributed by atoms with van der Waals surface area (Å²) in [4.78, 5) is 29.8. The summed E-state index contributed by atoms with van der Waals surface area (Å²) < 4.78 is 45.2. The van der Waals surface area contributed by atoms with Gasteiger partial charge in [0, 0.05) is 25.2 Å². The highest BCUT2D eigenvalue weighted by Crippen LogP contribution is 2.32. The molecule has 0 spiro atoms. The van der Waals surface area contributed by atoms with Crippen LogP contribution in [-0.2, 0) is 10.0 Å². The molecule has 232 valence electrons. The average molecular weight is 616 g/mol. The maximum Gasteiger partial charge on any atom is 0.321 e. The molecule has 1 aliphatic heterocycles. The zero-order valence-electron chi connectivity index (χ0n) is 24.9. The third-order valence-corrected chi connectivity index (χ3v) is 8.75. The molecule has 3 amide bonds. The Kier molecular flexibility index (Phi) is 9.50. The summed E-state index contributed by atoms with van der Waals surface area (Å²) in [7, 11) is -0.870. The second-order valence-corrected chi connectivity index (χ2v) is 12.3. The third kappa shape index (κ3) is 7.03. The predicted octanol–water partition coefficient (Wildman–Crippen LogP) is 3.48. The molecule has 0 radical (unpaired) electrons. The van der Waals surface area contributed by atoms with Gasteiger partial charge in [0.2, 0.25) is 0 Å². The van der Waals surface area contributed by atoms with Crippen LogP contribution >= 0.6 is 0 Å². The van der Waals surface area contributed by atoms with Crippen LogP contribution in [0.25, 0.3) is 0 Å². The number of methoxy groups -OCH3 is 1. The Labute approximate surface area is 250 Å². The molecular weight excluding hydrogens is 578 g/mol. The molecule has 1 aliphatic rings. The van der Waals surface area contributed by atoms with Crippen LogP contribution in [0, 0.1) is 19.8 Å². The molecule has 43 heavy (non-hydrogen) atoms. The highest BCUT2D eigenvalue weighted by molar-refractivity contribution is 7.92. The number of amides is 3. The number of carbonyl (C=O) groups excluding carboxylic acids is 2. The number of likely N-dealkylation sites (N-methyl/N-ethyl adjacent to an activating group) is 1. The number of aliphatic hydroxyl groups is 1. The number of fused-ring (bicyclic) bond motifs is 1. The van der Waals surface area contributed by atoms with Crippen molar-refractivity contribution in [2.45, 2.75) is 44.7 Å². The van der Waals surface area contributed by atoms with Crippen molar-refractivity contribution in [1.29, 1.82) is 0 Å². The van der Waals surface area contributed by atoms with Gasteiger partial charge in [0.15, 0.2) is 5.76 Å². The minimum Gasteiger partial charge on any atom is -0.497 e. The number of nitrogens with one attached hydrogen (secondary N) is 2. The number of hydrogen-bond acceptors (Lipinski definition) is 9. The van der Waals surface area contributed by atoms with Crippen LogP contribution in [0.5, 0.6) is 11.5 Å². The van der Waals surface area contributed by atoms with Crippen LogP contribution in [-0.4, -0.2) is 86.4 Å². The molecule has 2 heterocycles. The van der Waals surface area contributed by atoms with Crippen molar-refractivity contribution in [3.8, 4) is 11.5 Å². The Morgan fingerprint density at radius 1 is 1.23 bits per heavy atom. The number of ether oxygens (including phenoxy) is 2. The normalized spacial score (nSPS) is 17.7. The lowest BCUT2D eigenvalue weighted by atomic mass is 9.99. The van der Waals surface area contributed by atoms with E-state index in [1.807, 2.05) is 6.92 Å². The van der Waals surface area contributed by atoms with Gasteiger partial charge in [0.25, 0.3) is 15.9 Å². The van der Waals surface area contributed by atoms with Crippen LogP contribution in [0.1, 0.15) is 35.7 Å². The number of aliphatic hydroxyl groups excluding tert-OH is 1. The summed E-state index contributed by atoms with van der Waals surface area (Å²) in [6.07, 6.45) is -0.553. The van der Waals surface area contributed by atoms with E-state index in [9.17, 15) is 23.1 Å². The zero-order chi connectivity index (χ0) is 31.5. The molecule has 0 fully saturated rings. The summed E-state index contributed by atoms with van der Waals surface area (Å²) >= 11 is 0. The van der Waals surface area contributed by atoms with Crippen molar-refractivity contribution < 1.29 is 37.1 Å². The van der Waals surface area contributed by atoms with Gasteiger partial charge in [-0.25, -0.2) is 13.2 Å². The number of rotatable bonds is 9. The van der Waals surface area contributed by atoms with Gasteiger partial charge >= 0.3 is 6.03 Å². The van der Waals surface area contributed by atoms with E-state index >= 15 is 0 Å². The number of hydrogen-bond donors (Lipinski definition) is 3. The van der Waals surface area contributed by atoms with Gasteiger partial charge in [0.05, 0.1) is 36.8 Å². The van der Waals surface area contributed by atoms with Crippen LogP contribution in [0.3, 0.4) is 0 Å². The van der Waals surface area contributed by atoms with E-state index in [-0.39, 0.29) is 47.5 Å². The van der Waals surface area contributed by atoms with Crippen molar-refractivity contribution in [2.75, 3.05) is 43.9 Å². The first kappa shape index (κ1) is 31.6. The largest absolute Gasteiger partial charge is 0.497 e. The van der Waals surface area contributed by atoms with Gasteiger partial charge in [-0.05, 0) is 63.2 Å². The number of aryl methyl sites for hydroxylation is 2. The summed E-state index contributed by atoms with van der Waals surface area (Å²) in [6, 6.07) is 9.42. The third-order valence-electron chi connectivity index (χ3n) is 7.35. The molecular formula is C29H37N5O8S. The number of sulfonamides is 1. The molecule has 14 heteroatoms. The maximum atomic E-state index is 13.7. The van der Waals surface area contributed by atoms with Gasteiger partial charge in [-0.2, -0.15) is 0 Å². The van der Waals surface area contributed by atoms with Crippen LogP contribution in [0.15, 0.2) is 51.9 Å². The fraction of sp³-hybridized carbons (Fsp3) is 0.414. The van der Waals surface area contributed by atoms with Gasteiger partial charge in [0.1, 0.15) is 29.0 Å². The maximum absolute atomic E-state index is 13.7. The van der Waals surface area contributed by atoms with E-state index in [0.29, 0.717) is 22.9 Å². The Balaban J connectivity index is 1.62. The van der Waals surface area contributed by atoms with Crippen LogP contribution < -0.4 is 19.5 Å². The standard InChI is InChI=1S/C29H37N5O8S/c1-17-14-34(18(2)16-35)28(36)24-13-21(32-43(38,39)23-10-8-22(40-6)9-11-23)7-12-25(24)41-26(17)15-33(5)29(37)30-27-19(3)31-42-20(27)4/h7-13,17-18,26,32,35H,14-16H2,1-6H3,(H,30,37)/t17-,18+,26-/m0/s1. The summed E-state index contributed by atoms with van der Waals surface area (Å²) in [5, 5.41) is 16.6. The molecule has 0 saturated heterocycles. The minimum atomic E-state index is -3.98. The second kappa shape index (κ2) is 12.9. The highest BCUT2D eigenvalue weighted by Gasteiger charge is 2.34. The van der Waals surface area contributed by atoms with E-state index in [0.717, 1.165) is 0 Å². The van der Waals surface area contributed by atoms with E-state index in [1.165, 1.54) is 59.4 Å². The van der Waals surface area contributed by atoms with Gasteiger partial charge < -0.3 is 34.2 Å². The predicted molar refractivity (Wildman–Crippen MR) is 159 cm³/mol. The molecule has 3 N–H and O–H groups in total. The minimum absolute atomic E-state index is 0.0185. The van der Waals surface area contributed by atoms with Crippen LogP contribution in [0.2, 0.25) is 0 Å². The van der Waals surface area contributed by atoms with Gasteiger partial charge in [-0.1, -0.05) is 12.1 Å². The number of aromatic nitrogens is 1. The van der Waals surface area contributed by atoms with Crippen LogP contribution in [0.4, 0.5) is 16.2 Å². The average Bonchev–Trinajstić information content (AvgIpc) is 3.30. The summed E-state index contributed by atoms with van der Waals surface area (Å²) in [5.74, 6) is 0.556. The zero-order valence-corrected chi connectivity index (χ0v) is 25.8. The first-order valence-electron chi connectivity index (χ1n) is 13.7. The molecule has 3 aromatic rings. The first-order valence-corrected chi connectivity index (χ1v) is 15.2. The van der Waals surface area contributed by atoms with Crippen molar-refractivity contribution in [3.63, 3.8) is 0 Å². The molecule has 13 nitrogen and oxygen atoms in total. The lowest BCUT2D eigenvalue weighted by molar-refractivity contribution is 0.0371. The number of anilines is 2. The number of urea groups is 1. The van der Waals surface area contributed by atoms with E-state index in [1.54, 1.807) is 27.8 Å². The second-order valence-electron chi connectivity index (χ2n) is 10.6. The Bertz CT molecular complexity index is 1550. The Morgan fingerprint density at radius 3 is 2.53 bits per heavy atom. The Hall–Kier alpha value is -4.30. The monoisotopic (exact) mass is 615 g/mol. The number of nitrogens with zero attached hydrogens (tertiary/aromatic N) is 3. The van der Waals surface area contributed by atoms with E-state index < -0.39 is 34.1 Å². The quantitative estimate of drug-likeness (QED) is 0.327. The fourth-order valence-electron chi connectivity index (χ4n) is 4.69. The topological polar surface area (TPSA) is 164 Å². The SMILES string of the molecule is COc1ccc(S(=O)(=O)Nc2ccc3c(c2)C(=O)N([C@H](C)CO)C[C@H](C)[C@H](CN(C)C(=O)Nc2c(C)noc2C)O3)cc1. The highest BCUT2D eigenvalue weighted by atomic mass is 32.2. The first-order chi connectivity index (χ1) is 20.3. The molecule has 0 aliphatic carbocycles. The molecule has 0 saturated carbocycles. The lowest BCUT2D eigenvalue weighted by Gasteiger charge is -2.38. The number of benzene rings is 2. The van der Waals surface area contributed by atoms with Gasteiger partial charge in [-0.3, -0.25) is 9.52 Å². The van der Waals surface area contributed by atoms with E-state index in [4.69, 9.17) is 14.0 Å². The van der Waals surface area contributed by atoms with Crippen molar-refractivity contribution in [1.82, 2.24) is 15.0 Å². The molecule has 3 atom stereocenters. The Morgan fingerprint density at radius 2 is 1.93 bits per heavy atom. The van der Waals surface area contributed by atoms with Gasteiger partial charge in [-0.15, -0.1) is 0 Å². The molecule has 1 aromatic heterocycles. The lowest BCUT2D eigenvalue weighted by Crippen LogP contribution is -2.50. The fourth-order valence-corrected chi connectivity index (χ4v) is 5.74. The van der Waals surface area contributed by atoms with Crippen molar-refractivity contribution in [3.05, 3.63) is 59.5 Å².